The van der Waals surface area contributed by atoms with Crippen LogP contribution in [-0.2, 0) is 4.79 Å². The Labute approximate surface area is 250 Å². The number of nitrogens with zero attached hydrogens (tertiary/aromatic N) is 4. The van der Waals surface area contributed by atoms with Crippen molar-refractivity contribution in [2.75, 3.05) is 44.7 Å². The van der Waals surface area contributed by atoms with Gasteiger partial charge in [0.25, 0.3) is 0 Å². The van der Waals surface area contributed by atoms with Crippen molar-refractivity contribution in [3.63, 3.8) is 0 Å². The largest absolute Gasteiger partial charge is 0.494 e. The number of aromatic amines is 2. The third-order valence-electron chi connectivity index (χ3n) is 8.30. The van der Waals surface area contributed by atoms with Crippen LogP contribution >= 0.6 is 0 Å². The summed E-state index contributed by atoms with van der Waals surface area (Å²) in [5.74, 6) is 2.88. The van der Waals surface area contributed by atoms with E-state index in [2.05, 4.69) is 64.1 Å². The van der Waals surface area contributed by atoms with Gasteiger partial charge in [-0.2, -0.15) is 0 Å². The molecule has 5 aromatic rings. The van der Waals surface area contributed by atoms with Gasteiger partial charge in [-0.3, -0.25) is 4.79 Å². The lowest BCUT2D eigenvalue weighted by molar-refractivity contribution is -0.122. The predicted octanol–water partition coefficient (Wildman–Crippen LogP) is 7.18. The molecule has 0 bridgehead atoms. The average molecular weight is 569 g/mol. The van der Waals surface area contributed by atoms with E-state index in [4.69, 9.17) is 14.7 Å². The van der Waals surface area contributed by atoms with E-state index in [-0.39, 0.29) is 8.77 Å². The highest BCUT2D eigenvalue weighted by molar-refractivity contribution is 5.87. The molecule has 1 atom stereocenters. The SMILES string of the molecule is CCCC(C)C(=O)CCCOc1cccc(-c2nc3ccc(-c4nc5ccc(N6CCN(C)CC6)cc5[nH]4)cc3[nH]2)c1.[HH].[HH]. The van der Waals surface area contributed by atoms with Crippen molar-refractivity contribution in [1.82, 2.24) is 24.8 Å². The Kier molecular flexibility index (Phi) is 8.24. The molecule has 1 aliphatic heterocycles. The van der Waals surface area contributed by atoms with Crippen LogP contribution in [0.3, 0.4) is 0 Å². The highest BCUT2D eigenvalue weighted by Crippen LogP contribution is 2.29. The highest BCUT2D eigenvalue weighted by atomic mass is 16.5. The molecule has 2 N–H and O–H groups in total. The molecule has 222 valence electrons. The third-order valence-corrected chi connectivity index (χ3v) is 8.30. The second-order valence-electron chi connectivity index (χ2n) is 11.5. The summed E-state index contributed by atoms with van der Waals surface area (Å²) >= 11 is 0. The molecular formula is C34H44N6O2. The van der Waals surface area contributed by atoms with E-state index in [0.717, 1.165) is 96.0 Å². The fourth-order valence-electron chi connectivity index (χ4n) is 5.70. The molecule has 0 radical (unpaired) electrons. The molecule has 8 heteroatoms. The fraction of sp³-hybridized carbons (Fsp3) is 0.382. The molecule has 3 aromatic carbocycles. The van der Waals surface area contributed by atoms with Crippen molar-refractivity contribution in [2.24, 2.45) is 5.92 Å². The van der Waals surface area contributed by atoms with E-state index in [0.29, 0.717) is 18.8 Å². The number of imidazole rings is 2. The molecule has 0 aliphatic carbocycles. The maximum Gasteiger partial charge on any atom is 0.138 e. The minimum atomic E-state index is 0. The molecule has 0 saturated carbocycles. The predicted molar refractivity (Wildman–Crippen MR) is 174 cm³/mol. The summed E-state index contributed by atoms with van der Waals surface area (Å²) in [6.07, 6.45) is 3.29. The molecule has 1 aliphatic rings. The zero-order chi connectivity index (χ0) is 29.1. The van der Waals surface area contributed by atoms with Crippen LogP contribution in [0.2, 0.25) is 0 Å². The number of piperazine rings is 1. The van der Waals surface area contributed by atoms with Crippen LogP contribution in [0.15, 0.2) is 60.7 Å². The van der Waals surface area contributed by atoms with Crippen molar-refractivity contribution in [1.29, 1.82) is 0 Å². The summed E-state index contributed by atoms with van der Waals surface area (Å²) in [6.45, 7) is 8.89. The zero-order valence-corrected chi connectivity index (χ0v) is 24.8. The number of ether oxygens (including phenoxy) is 1. The number of ketones is 1. The van der Waals surface area contributed by atoms with E-state index in [1.807, 2.05) is 37.3 Å². The van der Waals surface area contributed by atoms with Gasteiger partial charge in [0.05, 0.1) is 28.7 Å². The second kappa shape index (κ2) is 12.4. The van der Waals surface area contributed by atoms with Crippen LogP contribution in [0.5, 0.6) is 5.75 Å². The van der Waals surface area contributed by atoms with Crippen molar-refractivity contribution < 1.29 is 12.4 Å². The summed E-state index contributed by atoms with van der Waals surface area (Å²) in [7, 11) is 2.18. The number of fused-ring (bicyclic) bond motifs is 2. The van der Waals surface area contributed by atoms with Crippen LogP contribution in [0.1, 0.15) is 42.4 Å². The topological polar surface area (TPSA) is 90.1 Å². The summed E-state index contributed by atoms with van der Waals surface area (Å²) in [4.78, 5) is 33.8. The minimum Gasteiger partial charge on any atom is -0.494 e. The van der Waals surface area contributed by atoms with Gasteiger partial charge in [-0.05, 0) is 68.4 Å². The minimum absolute atomic E-state index is 0. The molecular weight excluding hydrogens is 524 g/mol. The Hall–Kier alpha value is -4.17. The van der Waals surface area contributed by atoms with Crippen molar-refractivity contribution >= 4 is 33.5 Å². The maximum atomic E-state index is 12.2. The molecule has 1 saturated heterocycles. The molecule has 0 spiro atoms. The normalized spacial score (nSPS) is 15.0. The molecule has 1 fully saturated rings. The van der Waals surface area contributed by atoms with Crippen LogP contribution in [0.25, 0.3) is 44.8 Å². The molecule has 0 amide bonds. The third kappa shape index (κ3) is 6.19. The standard InChI is InChI=1S/C34H40N6O2.2H2/c1-4-7-23(2)32(41)10-6-19-42-27-9-5-8-24(20-27)33-35-28-13-11-25(21-30(28)37-33)34-36-29-14-12-26(22-31(29)38-34)40-17-15-39(3)16-18-40;;/h5,8-9,11-14,20-23H,4,6-7,10,15-19H2,1-3H3,(H,35,37)(H,36,38);2*1H. The molecule has 42 heavy (non-hydrogen) atoms. The summed E-state index contributed by atoms with van der Waals surface area (Å²) in [5, 5.41) is 0. The molecule has 3 heterocycles. The molecule has 2 aromatic heterocycles. The number of Topliss-reactive ketones (excluding diaryl/α,β-unsaturated/α-hetero) is 1. The number of carbonyl (C=O) groups excluding carboxylic acids is 1. The van der Waals surface area contributed by atoms with Gasteiger partial charge in [0, 0.05) is 58.2 Å². The number of benzene rings is 3. The van der Waals surface area contributed by atoms with Crippen LogP contribution in [0, 0.1) is 5.92 Å². The van der Waals surface area contributed by atoms with E-state index < -0.39 is 0 Å². The first-order valence-corrected chi connectivity index (χ1v) is 15.2. The Morgan fingerprint density at radius 2 is 1.62 bits per heavy atom. The number of aromatic nitrogens is 4. The number of H-pyrrole nitrogens is 2. The maximum absolute atomic E-state index is 12.2. The molecule has 8 nitrogen and oxygen atoms in total. The Bertz CT molecular complexity index is 1690. The van der Waals surface area contributed by atoms with E-state index in [1.54, 1.807) is 0 Å². The number of carbonyl (C=O) groups is 1. The number of nitrogens with one attached hydrogen (secondary N) is 2. The van der Waals surface area contributed by atoms with Gasteiger partial charge < -0.3 is 24.5 Å². The lowest BCUT2D eigenvalue weighted by atomic mass is 9.98. The van der Waals surface area contributed by atoms with Gasteiger partial charge in [0.2, 0.25) is 0 Å². The molecule has 6 rings (SSSR count). The Balaban J connectivity index is 0.00000221. The smallest absolute Gasteiger partial charge is 0.138 e. The highest BCUT2D eigenvalue weighted by Gasteiger charge is 2.16. The number of rotatable bonds is 11. The van der Waals surface area contributed by atoms with Gasteiger partial charge in [-0.25, -0.2) is 9.97 Å². The van der Waals surface area contributed by atoms with Crippen molar-refractivity contribution in [3.05, 3.63) is 60.7 Å². The van der Waals surface area contributed by atoms with Crippen LogP contribution in [0.4, 0.5) is 5.69 Å². The number of likely N-dealkylation sites (N-methyl/N-ethyl adjacent to an activating group) is 1. The van der Waals surface area contributed by atoms with Gasteiger partial charge in [-0.15, -0.1) is 0 Å². The number of hydrogen-bond acceptors (Lipinski definition) is 6. The van der Waals surface area contributed by atoms with Crippen LogP contribution in [-0.4, -0.2) is 70.5 Å². The lowest BCUT2D eigenvalue weighted by Crippen LogP contribution is -2.44. The first-order valence-electron chi connectivity index (χ1n) is 15.2. The van der Waals surface area contributed by atoms with Crippen molar-refractivity contribution in [2.45, 2.75) is 39.5 Å². The summed E-state index contributed by atoms with van der Waals surface area (Å²) < 4.78 is 5.98. The van der Waals surface area contributed by atoms with Crippen LogP contribution < -0.4 is 9.64 Å². The quantitative estimate of drug-likeness (QED) is 0.164. The number of hydrogen-bond donors (Lipinski definition) is 2. The Morgan fingerprint density at radius 1 is 0.929 bits per heavy atom. The first kappa shape index (κ1) is 28.0. The van der Waals surface area contributed by atoms with Crippen molar-refractivity contribution in [3.8, 4) is 28.5 Å². The lowest BCUT2D eigenvalue weighted by Gasteiger charge is -2.34. The first-order chi connectivity index (χ1) is 20.5. The summed E-state index contributed by atoms with van der Waals surface area (Å²) in [6, 6.07) is 20.6. The average Bonchev–Trinajstić information content (AvgIpc) is 3.63. The van der Waals surface area contributed by atoms with Gasteiger partial charge in [-0.1, -0.05) is 32.4 Å². The Morgan fingerprint density at radius 3 is 2.36 bits per heavy atom. The summed E-state index contributed by atoms with van der Waals surface area (Å²) in [5.41, 5.74) is 7.06. The van der Waals surface area contributed by atoms with E-state index in [1.165, 1.54) is 5.69 Å². The van der Waals surface area contributed by atoms with Gasteiger partial charge >= 0.3 is 0 Å². The monoisotopic (exact) mass is 568 g/mol. The fourth-order valence-corrected chi connectivity index (χ4v) is 5.70. The van der Waals surface area contributed by atoms with Gasteiger partial charge in [0.15, 0.2) is 0 Å². The zero-order valence-electron chi connectivity index (χ0n) is 24.8. The second-order valence-corrected chi connectivity index (χ2v) is 11.5. The van der Waals surface area contributed by atoms with E-state index >= 15 is 0 Å². The molecule has 1 unspecified atom stereocenters. The van der Waals surface area contributed by atoms with E-state index in [9.17, 15) is 4.79 Å². The van der Waals surface area contributed by atoms with Gasteiger partial charge in [0.1, 0.15) is 23.2 Å². The number of anilines is 1.